The van der Waals surface area contributed by atoms with Crippen molar-refractivity contribution in [2.75, 3.05) is 13.7 Å². The van der Waals surface area contributed by atoms with Crippen LogP contribution in [0, 0.1) is 0 Å². The molecule has 7 nitrogen and oxygen atoms in total. The third-order valence-corrected chi connectivity index (χ3v) is 5.70. The third kappa shape index (κ3) is 3.81. The van der Waals surface area contributed by atoms with Gasteiger partial charge in [0.05, 0.1) is 19.0 Å². The number of carbonyl (C=O) groups excluding carboxylic acids is 1. The zero-order valence-corrected chi connectivity index (χ0v) is 16.9. The van der Waals surface area contributed by atoms with Crippen LogP contribution in [0.25, 0.3) is 16.9 Å². The molecule has 0 spiro atoms. The maximum atomic E-state index is 13.1. The summed E-state index contributed by atoms with van der Waals surface area (Å²) in [5.74, 6) is -0.554. The number of carbonyl (C=O) groups is 1. The first kappa shape index (κ1) is 19.7. The standard InChI is InChI=1S/C22H22F2N4O3/c1-30-17-8-13(9-18(31-22(23)24)20(17)21(29)27-14-2-3-14)16-11-26-19-10-12(5-7-28(16)19)15-4-6-25-15/h5,7-11,14-15,22,25H,2-4,6H2,1H3,(H,27,29). The number of fused-ring (bicyclic) bond motifs is 1. The molecule has 2 aliphatic rings. The highest BCUT2D eigenvalue weighted by Crippen LogP contribution is 2.37. The Labute approximate surface area is 177 Å². The maximum absolute atomic E-state index is 13.1. The van der Waals surface area contributed by atoms with Crippen LogP contribution in [0.15, 0.2) is 36.7 Å². The van der Waals surface area contributed by atoms with E-state index in [1.54, 1.807) is 12.3 Å². The molecule has 1 aliphatic carbocycles. The number of rotatable bonds is 7. The summed E-state index contributed by atoms with van der Waals surface area (Å²) < 4.78 is 38.3. The summed E-state index contributed by atoms with van der Waals surface area (Å²) in [4.78, 5) is 17.2. The van der Waals surface area contributed by atoms with Crippen molar-refractivity contribution < 1.29 is 23.0 Å². The van der Waals surface area contributed by atoms with E-state index in [1.807, 2.05) is 22.7 Å². The van der Waals surface area contributed by atoms with Crippen molar-refractivity contribution in [2.24, 2.45) is 0 Å². The number of amides is 1. The number of halogens is 2. The normalized spacial score (nSPS) is 18.1. The number of nitrogens with zero attached hydrogens (tertiary/aromatic N) is 2. The minimum atomic E-state index is -3.08. The molecule has 1 unspecified atom stereocenters. The van der Waals surface area contributed by atoms with Gasteiger partial charge in [-0.05, 0) is 55.6 Å². The van der Waals surface area contributed by atoms with E-state index in [0.717, 1.165) is 37.0 Å². The summed E-state index contributed by atoms with van der Waals surface area (Å²) in [5, 5.41) is 6.16. The van der Waals surface area contributed by atoms with Crippen LogP contribution in [-0.4, -0.2) is 41.6 Å². The molecule has 1 amide bonds. The molecule has 31 heavy (non-hydrogen) atoms. The third-order valence-electron chi connectivity index (χ3n) is 5.70. The van der Waals surface area contributed by atoms with Gasteiger partial charge in [-0.3, -0.25) is 9.20 Å². The van der Waals surface area contributed by atoms with Crippen LogP contribution < -0.4 is 20.1 Å². The molecule has 1 aromatic carbocycles. The van der Waals surface area contributed by atoms with Crippen molar-refractivity contribution in [3.8, 4) is 22.8 Å². The number of pyridine rings is 1. The Morgan fingerprint density at radius 1 is 1.26 bits per heavy atom. The Balaban J connectivity index is 1.57. The maximum Gasteiger partial charge on any atom is 0.387 e. The number of benzene rings is 1. The fourth-order valence-electron chi connectivity index (χ4n) is 3.80. The lowest BCUT2D eigenvalue weighted by Gasteiger charge is -2.27. The van der Waals surface area contributed by atoms with Gasteiger partial charge in [-0.25, -0.2) is 4.98 Å². The summed E-state index contributed by atoms with van der Waals surface area (Å²) in [6.07, 6.45) is 6.40. The summed E-state index contributed by atoms with van der Waals surface area (Å²) >= 11 is 0. The Bertz CT molecular complexity index is 1140. The van der Waals surface area contributed by atoms with E-state index in [2.05, 4.69) is 15.6 Å². The SMILES string of the molecule is COc1cc(-c2cnc3cc(C4CCN4)ccn23)cc(OC(F)F)c1C(=O)NC1CC1. The van der Waals surface area contributed by atoms with Gasteiger partial charge in [0.1, 0.15) is 22.7 Å². The van der Waals surface area contributed by atoms with Crippen molar-refractivity contribution in [1.82, 2.24) is 20.0 Å². The molecule has 1 saturated heterocycles. The van der Waals surface area contributed by atoms with Crippen LogP contribution in [0.5, 0.6) is 11.5 Å². The first-order valence-electron chi connectivity index (χ1n) is 10.2. The first-order chi connectivity index (χ1) is 15.0. The second-order valence-corrected chi connectivity index (χ2v) is 7.80. The van der Waals surface area contributed by atoms with E-state index in [4.69, 9.17) is 9.47 Å². The number of nitrogens with one attached hydrogen (secondary N) is 2. The monoisotopic (exact) mass is 428 g/mol. The average Bonchev–Trinajstić information content (AvgIpc) is 3.41. The number of methoxy groups -OCH3 is 1. The highest BCUT2D eigenvalue weighted by Gasteiger charge is 2.29. The molecule has 1 atom stereocenters. The van der Waals surface area contributed by atoms with E-state index in [-0.39, 0.29) is 23.1 Å². The minimum Gasteiger partial charge on any atom is -0.496 e. The highest BCUT2D eigenvalue weighted by molar-refractivity contribution is 6.01. The van der Waals surface area contributed by atoms with E-state index < -0.39 is 12.5 Å². The van der Waals surface area contributed by atoms with Gasteiger partial charge in [-0.2, -0.15) is 8.78 Å². The van der Waals surface area contributed by atoms with Gasteiger partial charge in [0.15, 0.2) is 0 Å². The van der Waals surface area contributed by atoms with Crippen LogP contribution in [0.1, 0.15) is 41.2 Å². The Kier molecular flexibility index (Phi) is 4.97. The molecule has 0 bridgehead atoms. The van der Waals surface area contributed by atoms with E-state index in [9.17, 15) is 13.6 Å². The summed E-state index contributed by atoms with van der Waals surface area (Å²) in [7, 11) is 1.39. The summed E-state index contributed by atoms with van der Waals surface area (Å²) in [6, 6.07) is 7.49. The quantitative estimate of drug-likeness (QED) is 0.602. The van der Waals surface area contributed by atoms with Crippen molar-refractivity contribution in [1.29, 1.82) is 0 Å². The van der Waals surface area contributed by atoms with Gasteiger partial charge in [0, 0.05) is 23.8 Å². The molecule has 0 radical (unpaired) electrons. The van der Waals surface area contributed by atoms with Crippen LogP contribution in [0.3, 0.4) is 0 Å². The molecule has 1 saturated carbocycles. The van der Waals surface area contributed by atoms with Gasteiger partial charge in [-0.15, -0.1) is 0 Å². The lowest BCUT2D eigenvalue weighted by molar-refractivity contribution is -0.0502. The molecule has 162 valence electrons. The molecular weight excluding hydrogens is 406 g/mol. The largest absolute Gasteiger partial charge is 0.496 e. The van der Waals surface area contributed by atoms with Crippen molar-refractivity contribution in [3.63, 3.8) is 0 Å². The van der Waals surface area contributed by atoms with Gasteiger partial charge in [0.25, 0.3) is 5.91 Å². The van der Waals surface area contributed by atoms with Crippen molar-refractivity contribution in [2.45, 2.75) is 38.0 Å². The predicted octanol–water partition coefficient (Wildman–Crippen LogP) is 3.54. The van der Waals surface area contributed by atoms with Crippen LogP contribution in [-0.2, 0) is 0 Å². The molecule has 1 aliphatic heterocycles. The fourth-order valence-corrected chi connectivity index (χ4v) is 3.80. The zero-order valence-electron chi connectivity index (χ0n) is 16.9. The minimum absolute atomic E-state index is 0.0365. The number of hydrogen-bond acceptors (Lipinski definition) is 5. The van der Waals surface area contributed by atoms with Crippen LogP contribution in [0.4, 0.5) is 8.78 Å². The van der Waals surface area contributed by atoms with Crippen molar-refractivity contribution in [3.05, 3.63) is 47.8 Å². The summed E-state index contributed by atoms with van der Waals surface area (Å²) in [6.45, 7) is -2.07. The van der Waals surface area contributed by atoms with Gasteiger partial charge >= 0.3 is 6.61 Å². The van der Waals surface area contributed by atoms with E-state index in [0.29, 0.717) is 17.3 Å². The van der Waals surface area contributed by atoms with Gasteiger partial charge in [-0.1, -0.05) is 0 Å². The molecule has 2 aromatic heterocycles. The molecule has 3 aromatic rings. The molecule has 9 heteroatoms. The predicted molar refractivity (Wildman–Crippen MR) is 110 cm³/mol. The Hall–Kier alpha value is -3.20. The highest BCUT2D eigenvalue weighted by atomic mass is 19.3. The Morgan fingerprint density at radius 3 is 2.68 bits per heavy atom. The van der Waals surface area contributed by atoms with E-state index in [1.165, 1.54) is 13.2 Å². The molecule has 5 rings (SSSR count). The topological polar surface area (TPSA) is 76.9 Å². The average molecular weight is 428 g/mol. The fraction of sp³-hybridized carbons (Fsp3) is 0.364. The van der Waals surface area contributed by atoms with Crippen LogP contribution in [0.2, 0.25) is 0 Å². The molecule has 2 N–H and O–H groups in total. The number of hydrogen-bond donors (Lipinski definition) is 2. The Morgan fingerprint density at radius 2 is 2.03 bits per heavy atom. The number of alkyl halides is 2. The van der Waals surface area contributed by atoms with E-state index >= 15 is 0 Å². The molecular formula is C22H22F2N4O3. The van der Waals surface area contributed by atoms with Gasteiger partial charge < -0.3 is 20.1 Å². The van der Waals surface area contributed by atoms with Crippen molar-refractivity contribution >= 4 is 11.6 Å². The number of ether oxygens (including phenoxy) is 2. The smallest absolute Gasteiger partial charge is 0.387 e. The summed E-state index contributed by atoms with van der Waals surface area (Å²) in [5.41, 5.74) is 3.09. The second kappa shape index (κ2) is 7.81. The first-order valence-corrected chi connectivity index (χ1v) is 10.2. The molecule has 3 heterocycles. The zero-order chi connectivity index (χ0) is 21.5. The lowest BCUT2D eigenvalue weighted by atomic mass is 9.99. The number of imidazole rings is 1. The number of aromatic nitrogens is 2. The van der Waals surface area contributed by atoms with Gasteiger partial charge in [0.2, 0.25) is 0 Å². The second-order valence-electron chi connectivity index (χ2n) is 7.80. The lowest BCUT2D eigenvalue weighted by Crippen LogP contribution is -2.34. The van der Waals surface area contributed by atoms with Crippen LogP contribution >= 0.6 is 0 Å². The molecule has 2 fully saturated rings.